The number of benzene rings is 1. The molecular formula is C22H21N5O2S. The summed E-state index contributed by atoms with van der Waals surface area (Å²) in [5.74, 6) is 2.19. The second-order valence-corrected chi connectivity index (χ2v) is 8.71. The molecule has 30 heavy (non-hydrogen) atoms. The molecule has 5 rings (SSSR count). The fourth-order valence-corrected chi connectivity index (χ4v) is 4.25. The number of fused-ring (bicyclic) bond motifs is 1. The molecule has 1 saturated carbocycles. The topological polar surface area (TPSA) is 85.8 Å². The summed E-state index contributed by atoms with van der Waals surface area (Å²) in [5.41, 5.74) is 1.61. The molecule has 1 aliphatic carbocycles. The molecule has 0 saturated heterocycles. The van der Waals surface area contributed by atoms with Crippen LogP contribution in [0.15, 0.2) is 64.5 Å². The van der Waals surface area contributed by atoms with Crippen LogP contribution < -0.4 is 5.32 Å². The Hall–Kier alpha value is -3.13. The first-order valence-corrected chi connectivity index (χ1v) is 10.8. The van der Waals surface area contributed by atoms with E-state index in [-0.39, 0.29) is 11.2 Å². The van der Waals surface area contributed by atoms with E-state index in [9.17, 15) is 4.79 Å². The molecule has 3 heterocycles. The number of hydrogen-bond acceptors (Lipinski definition) is 6. The standard InChI is InChI=1S/C22H21N5O2S/c1-14(21(28)24-19-8-2-7-18-17(19)6-3-11-23-18)30-22-26-25-20(15-9-10-15)27(22)13-16-5-4-12-29-16/h2-8,11-12,14-15H,9-10,13H2,1H3,(H,24,28). The average molecular weight is 420 g/mol. The SMILES string of the molecule is CC(Sc1nnc(C2CC2)n1Cc1ccco1)C(=O)Nc1cccc2ncccc12. The van der Waals surface area contributed by atoms with Gasteiger partial charge in [-0.2, -0.15) is 0 Å². The zero-order valence-corrected chi connectivity index (χ0v) is 17.3. The van der Waals surface area contributed by atoms with Crippen molar-refractivity contribution in [2.75, 3.05) is 5.32 Å². The highest BCUT2D eigenvalue weighted by Gasteiger charge is 2.31. The average Bonchev–Trinajstić information content (AvgIpc) is 3.33. The van der Waals surface area contributed by atoms with Gasteiger partial charge in [0.1, 0.15) is 11.6 Å². The Balaban J connectivity index is 1.34. The number of aromatic nitrogens is 4. The second kappa shape index (κ2) is 7.95. The molecular weight excluding hydrogens is 398 g/mol. The minimum absolute atomic E-state index is 0.0862. The number of anilines is 1. The first-order chi connectivity index (χ1) is 14.7. The van der Waals surface area contributed by atoms with Crippen LogP contribution in [0.2, 0.25) is 0 Å². The molecule has 7 nitrogen and oxygen atoms in total. The predicted octanol–water partition coefficient (Wildman–Crippen LogP) is 4.46. The molecule has 1 aromatic carbocycles. The predicted molar refractivity (Wildman–Crippen MR) is 115 cm³/mol. The molecule has 0 aliphatic heterocycles. The Morgan fingerprint density at radius 2 is 2.13 bits per heavy atom. The van der Waals surface area contributed by atoms with E-state index in [1.807, 2.05) is 49.4 Å². The maximum atomic E-state index is 12.9. The summed E-state index contributed by atoms with van der Waals surface area (Å²) in [5, 5.41) is 13.1. The summed E-state index contributed by atoms with van der Waals surface area (Å²) in [6.07, 6.45) is 5.67. The maximum Gasteiger partial charge on any atom is 0.237 e. The van der Waals surface area contributed by atoms with Crippen LogP contribution in [-0.4, -0.2) is 30.9 Å². The van der Waals surface area contributed by atoms with Crippen LogP contribution in [0, 0.1) is 0 Å². The van der Waals surface area contributed by atoms with Gasteiger partial charge in [-0.3, -0.25) is 14.3 Å². The number of nitrogens with zero attached hydrogens (tertiary/aromatic N) is 4. The zero-order valence-electron chi connectivity index (χ0n) is 16.5. The van der Waals surface area contributed by atoms with Gasteiger partial charge in [0, 0.05) is 17.5 Å². The molecule has 1 atom stereocenters. The van der Waals surface area contributed by atoms with Gasteiger partial charge in [0.2, 0.25) is 5.91 Å². The van der Waals surface area contributed by atoms with Gasteiger partial charge >= 0.3 is 0 Å². The number of rotatable bonds is 7. The molecule has 1 unspecified atom stereocenters. The van der Waals surface area contributed by atoms with Gasteiger partial charge in [0.05, 0.1) is 29.3 Å². The Morgan fingerprint density at radius 1 is 1.23 bits per heavy atom. The molecule has 8 heteroatoms. The lowest BCUT2D eigenvalue weighted by Gasteiger charge is -2.14. The summed E-state index contributed by atoms with van der Waals surface area (Å²) in [4.78, 5) is 17.3. The van der Waals surface area contributed by atoms with E-state index in [1.165, 1.54) is 11.8 Å². The monoisotopic (exact) mass is 419 g/mol. The third kappa shape index (κ3) is 3.82. The summed E-state index contributed by atoms with van der Waals surface area (Å²) in [6, 6.07) is 13.4. The Labute approximate surface area is 177 Å². The number of pyridine rings is 1. The highest BCUT2D eigenvalue weighted by atomic mass is 32.2. The molecule has 1 fully saturated rings. The first kappa shape index (κ1) is 18.9. The Kier molecular flexibility index (Phi) is 5.00. The Bertz CT molecular complexity index is 1180. The molecule has 152 valence electrons. The number of carbonyl (C=O) groups is 1. The smallest absolute Gasteiger partial charge is 0.237 e. The van der Waals surface area contributed by atoms with E-state index in [4.69, 9.17) is 4.42 Å². The lowest BCUT2D eigenvalue weighted by molar-refractivity contribution is -0.115. The third-order valence-electron chi connectivity index (χ3n) is 5.14. The van der Waals surface area contributed by atoms with Crippen molar-refractivity contribution in [3.63, 3.8) is 0 Å². The van der Waals surface area contributed by atoms with E-state index in [0.29, 0.717) is 12.5 Å². The van der Waals surface area contributed by atoms with Gasteiger partial charge in [-0.25, -0.2) is 0 Å². The van der Waals surface area contributed by atoms with E-state index in [2.05, 4.69) is 25.1 Å². The molecule has 0 bridgehead atoms. The van der Waals surface area contributed by atoms with Crippen molar-refractivity contribution in [1.82, 2.24) is 19.7 Å². The maximum absolute atomic E-state index is 12.9. The van der Waals surface area contributed by atoms with Gasteiger partial charge in [-0.1, -0.05) is 17.8 Å². The van der Waals surface area contributed by atoms with Crippen LogP contribution in [0.25, 0.3) is 10.9 Å². The highest BCUT2D eigenvalue weighted by Crippen LogP contribution is 2.40. The van der Waals surface area contributed by atoms with Crippen molar-refractivity contribution in [2.45, 2.75) is 42.6 Å². The van der Waals surface area contributed by atoms with E-state index >= 15 is 0 Å². The van der Waals surface area contributed by atoms with Crippen molar-refractivity contribution < 1.29 is 9.21 Å². The number of carbonyl (C=O) groups excluding carboxylic acids is 1. The van der Waals surface area contributed by atoms with Gasteiger partial charge < -0.3 is 9.73 Å². The molecule has 1 aliphatic rings. The van der Waals surface area contributed by atoms with E-state index in [1.54, 1.807) is 12.5 Å². The lowest BCUT2D eigenvalue weighted by Crippen LogP contribution is -2.23. The largest absolute Gasteiger partial charge is 0.467 e. The molecule has 0 radical (unpaired) electrons. The van der Waals surface area contributed by atoms with E-state index in [0.717, 1.165) is 46.2 Å². The van der Waals surface area contributed by atoms with Crippen LogP contribution in [0.1, 0.15) is 37.3 Å². The number of nitrogens with one attached hydrogen (secondary N) is 1. The normalized spacial score (nSPS) is 14.7. The number of thioether (sulfide) groups is 1. The van der Waals surface area contributed by atoms with Crippen molar-refractivity contribution in [3.8, 4) is 0 Å². The van der Waals surface area contributed by atoms with Crippen molar-refractivity contribution in [1.29, 1.82) is 0 Å². The summed E-state index contributed by atoms with van der Waals surface area (Å²) in [6.45, 7) is 2.45. The van der Waals surface area contributed by atoms with Crippen molar-refractivity contribution in [3.05, 3.63) is 66.5 Å². The molecule has 1 amide bonds. The minimum Gasteiger partial charge on any atom is -0.467 e. The fraction of sp³-hybridized carbons (Fsp3) is 0.273. The van der Waals surface area contributed by atoms with Gasteiger partial charge in [0.15, 0.2) is 5.16 Å². The van der Waals surface area contributed by atoms with Gasteiger partial charge in [-0.15, -0.1) is 10.2 Å². The summed E-state index contributed by atoms with van der Waals surface area (Å²) in [7, 11) is 0. The van der Waals surface area contributed by atoms with Gasteiger partial charge in [0.25, 0.3) is 0 Å². The third-order valence-corrected chi connectivity index (χ3v) is 6.22. The minimum atomic E-state index is -0.344. The fourth-order valence-electron chi connectivity index (χ4n) is 3.40. The number of furan rings is 1. The van der Waals surface area contributed by atoms with E-state index < -0.39 is 0 Å². The van der Waals surface area contributed by atoms with Crippen LogP contribution in [0.3, 0.4) is 0 Å². The van der Waals surface area contributed by atoms with Crippen LogP contribution in [0.4, 0.5) is 5.69 Å². The van der Waals surface area contributed by atoms with Crippen molar-refractivity contribution in [2.24, 2.45) is 0 Å². The summed E-state index contributed by atoms with van der Waals surface area (Å²) >= 11 is 1.41. The molecule has 3 aromatic heterocycles. The van der Waals surface area contributed by atoms with Crippen molar-refractivity contribution >= 4 is 34.3 Å². The molecule has 4 aromatic rings. The summed E-state index contributed by atoms with van der Waals surface area (Å²) < 4.78 is 7.59. The van der Waals surface area contributed by atoms with Crippen LogP contribution in [-0.2, 0) is 11.3 Å². The lowest BCUT2D eigenvalue weighted by atomic mass is 10.2. The highest BCUT2D eigenvalue weighted by molar-refractivity contribution is 8.00. The number of hydrogen-bond donors (Lipinski definition) is 1. The second-order valence-electron chi connectivity index (χ2n) is 7.41. The first-order valence-electron chi connectivity index (χ1n) is 9.96. The zero-order chi connectivity index (χ0) is 20.5. The quantitative estimate of drug-likeness (QED) is 0.445. The molecule has 1 N–H and O–H groups in total. The van der Waals surface area contributed by atoms with Crippen LogP contribution >= 0.6 is 11.8 Å². The Morgan fingerprint density at radius 3 is 2.93 bits per heavy atom. The van der Waals surface area contributed by atoms with Gasteiger partial charge in [-0.05, 0) is 56.2 Å². The van der Waals surface area contributed by atoms with Crippen LogP contribution in [0.5, 0.6) is 0 Å². The number of amides is 1. The molecule has 0 spiro atoms.